The van der Waals surface area contributed by atoms with E-state index in [0.717, 1.165) is 25.0 Å². The molecular formula is C30H40F3N3O6S. The number of nitrogens with zero attached hydrogens (tertiary/aromatic N) is 2. The first-order valence-electron chi connectivity index (χ1n) is 14.4. The molecule has 0 aromatic heterocycles. The van der Waals surface area contributed by atoms with Crippen LogP contribution in [-0.2, 0) is 30.5 Å². The molecule has 2 unspecified atom stereocenters. The van der Waals surface area contributed by atoms with Crippen molar-refractivity contribution in [1.29, 1.82) is 0 Å². The maximum atomic E-state index is 13.7. The van der Waals surface area contributed by atoms with E-state index >= 15 is 0 Å². The molecule has 13 heteroatoms. The zero-order valence-electron chi connectivity index (χ0n) is 24.8. The second-order valence-electron chi connectivity index (χ2n) is 11.0. The Kier molecular flexibility index (Phi) is 11.1. The topological polar surface area (TPSA) is 97.4 Å². The van der Waals surface area contributed by atoms with E-state index in [-0.39, 0.29) is 30.7 Å². The molecular weight excluding hydrogens is 587 g/mol. The number of ether oxygens (including phenoxy) is 3. The van der Waals surface area contributed by atoms with Gasteiger partial charge in [0.25, 0.3) is 0 Å². The lowest BCUT2D eigenvalue weighted by atomic mass is 10.0. The molecule has 1 N–H and O–H groups in total. The fourth-order valence-electron chi connectivity index (χ4n) is 5.80. The highest BCUT2D eigenvalue weighted by atomic mass is 32.2. The lowest BCUT2D eigenvalue weighted by Crippen LogP contribution is -2.47. The number of halogens is 3. The van der Waals surface area contributed by atoms with Crippen LogP contribution in [0.3, 0.4) is 0 Å². The molecule has 1 amide bonds. The van der Waals surface area contributed by atoms with E-state index in [1.165, 1.54) is 23.5 Å². The molecule has 0 bridgehead atoms. The number of rotatable bonds is 11. The average Bonchev–Trinajstić information content (AvgIpc) is 2.97. The van der Waals surface area contributed by atoms with Gasteiger partial charge in [-0.15, -0.1) is 0 Å². The van der Waals surface area contributed by atoms with Crippen LogP contribution < -0.4 is 10.1 Å². The van der Waals surface area contributed by atoms with Crippen molar-refractivity contribution in [3.05, 3.63) is 58.7 Å². The Labute approximate surface area is 251 Å². The minimum atomic E-state index is -4.43. The Morgan fingerprint density at radius 3 is 2.33 bits per heavy atom. The standard InChI is InChI=1S/C30H40F3N3O6S/c1-21-16-26(40-3)17-22(2)29(21)43(38,39)36-11-5-4-6-25(36)19-42-20-28(37)34-18-27(35-12-14-41-15-13-35)23-7-9-24(10-8-23)30(31,32)33/h7-10,16-17,25,27H,4-6,11-15,18-20H2,1-3H3,(H,34,37). The van der Waals surface area contributed by atoms with E-state index in [1.54, 1.807) is 26.0 Å². The van der Waals surface area contributed by atoms with Crippen LogP contribution in [0.2, 0.25) is 0 Å². The number of methoxy groups -OCH3 is 1. The first kappa shape index (κ1) is 33.2. The Morgan fingerprint density at radius 1 is 1.07 bits per heavy atom. The highest BCUT2D eigenvalue weighted by molar-refractivity contribution is 7.89. The Balaban J connectivity index is 1.37. The third-order valence-electron chi connectivity index (χ3n) is 7.95. The van der Waals surface area contributed by atoms with Gasteiger partial charge in [-0.1, -0.05) is 18.6 Å². The number of amides is 1. The van der Waals surface area contributed by atoms with Crippen LogP contribution in [0.5, 0.6) is 5.75 Å². The molecule has 2 atom stereocenters. The summed E-state index contributed by atoms with van der Waals surface area (Å²) in [4.78, 5) is 15.1. The smallest absolute Gasteiger partial charge is 0.416 e. The maximum absolute atomic E-state index is 13.7. The van der Waals surface area contributed by atoms with Gasteiger partial charge in [-0.25, -0.2) is 8.42 Å². The zero-order chi connectivity index (χ0) is 31.2. The van der Waals surface area contributed by atoms with Crippen LogP contribution >= 0.6 is 0 Å². The third kappa shape index (κ3) is 8.27. The van der Waals surface area contributed by atoms with E-state index in [4.69, 9.17) is 14.2 Å². The van der Waals surface area contributed by atoms with Crippen molar-refractivity contribution in [3.63, 3.8) is 0 Å². The fraction of sp³-hybridized carbons (Fsp3) is 0.567. The average molecular weight is 628 g/mol. The number of alkyl halides is 3. The normalized spacial score (nSPS) is 19.6. The molecule has 0 spiro atoms. The molecule has 4 rings (SSSR count). The van der Waals surface area contributed by atoms with Crippen LogP contribution in [0.25, 0.3) is 0 Å². The highest BCUT2D eigenvalue weighted by Crippen LogP contribution is 2.33. The number of hydrogen-bond donors (Lipinski definition) is 1. The van der Waals surface area contributed by atoms with Gasteiger partial charge in [0, 0.05) is 32.2 Å². The van der Waals surface area contributed by atoms with Crippen LogP contribution in [0.4, 0.5) is 13.2 Å². The number of benzene rings is 2. The number of carbonyl (C=O) groups excluding carboxylic acids is 1. The van der Waals surface area contributed by atoms with Crippen molar-refractivity contribution in [2.75, 3.05) is 59.7 Å². The maximum Gasteiger partial charge on any atom is 0.416 e. The van der Waals surface area contributed by atoms with E-state index in [9.17, 15) is 26.4 Å². The predicted octanol–water partition coefficient (Wildman–Crippen LogP) is 4.08. The summed E-state index contributed by atoms with van der Waals surface area (Å²) in [5, 5.41) is 2.84. The summed E-state index contributed by atoms with van der Waals surface area (Å²) in [6.45, 7) is 5.97. The molecule has 2 saturated heterocycles. The van der Waals surface area contributed by atoms with Crippen molar-refractivity contribution in [3.8, 4) is 5.75 Å². The van der Waals surface area contributed by atoms with Gasteiger partial charge < -0.3 is 19.5 Å². The minimum Gasteiger partial charge on any atom is -0.497 e. The van der Waals surface area contributed by atoms with Gasteiger partial charge in [0.2, 0.25) is 15.9 Å². The van der Waals surface area contributed by atoms with Crippen LogP contribution in [0.15, 0.2) is 41.3 Å². The molecule has 2 fully saturated rings. The van der Waals surface area contributed by atoms with Gasteiger partial charge in [0.1, 0.15) is 12.4 Å². The zero-order valence-corrected chi connectivity index (χ0v) is 25.6. The lowest BCUT2D eigenvalue weighted by Gasteiger charge is -2.35. The Bertz CT molecular complexity index is 1320. The van der Waals surface area contributed by atoms with Gasteiger partial charge in [0.15, 0.2) is 0 Å². The van der Waals surface area contributed by atoms with Crippen LogP contribution in [-0.4, -0.2) is 89.3 Å². The van der Waals surface area contributed by atoms with Gasteiger partial charge in [0.05, 0.1) is 43.4 Å². The fourth-order valence-corrected chi connectivity index (χ4v) is 7.89. The highest BCUT2D eigenvalue weighted by Gasteiger charge is 2.36. The van der Waals surface area contributed by atoms with E-state index in [2.05, 4.69) is 10.2 Å². The van der Waals surface area contributed by atoms with Crippen molar-refractivity contribution in [2.24, 2.45) is 0 Å². The molecule has 0 aliphatic carbocycles. The number of carbonyl (C=O) groups is 1. The second kappa shape index (κ2) is 14.4. The molecule has 2 aromatic carbocycles. The molecule has 0 saturated carbocycles. The third-order valence-corrected chi connectivity index (χ3v) is 10.2. The molecule has 2 aliphatic heterocycles. The second-order valence-corrected chi connectivity index (χ2v) is 12.8. The van der Waals surface area contributed by atoms with Gasteiger partial charge in [-0.3, -0.25) is 9.69 Å². The summed E-state index contributed by atoms with van der Waals surface area (Å²) < 4.78 is 84.7. The summed E-state index contributed by atoms with van der Waals surface area (Å²) in [7, 11) is -2.28. The SMILES string of the molecule is COc1cc(C)c(S(=O)(=O)N2CCCCC2COCC(=O)NCC(c2ccc(C(F)(F)F)cc2)N2CCOCC2)c(C)c1. The monoisotopic (exact) mass is 627 g/mol. The van der Waals surface area contributed by atoms with Gasteiger partial charge in [-0.05, 0) is 67.6 Å². The van der Waals surface area contributed by atoms with E-state index < -0.39 is 33.7 Å². The van der Waals surface area contributed by atoms with Crippen molar-refractivity contribution in [1.82, 2.24) is 14.5 Å². The van der Waals surface area contributed by atoms with Crippen molar-refractivity contribution >= 4 is 15.9 Å². The Hall–Kier alpha value is -2.71. The number of piperidine rings is 1. The lowest BCUT2D eigenvalue weighted by molar-refractivity contribution is -0.137. The molecule has 238 valence electrons. The largest absolute Gasteiger partial charge is 0.497 e. The van der Waals surface area contributed by atoms with E-state index in [1.807, 2.05) is 0 Å². The van der Waals surface area contributed by atoms with E-state index in [0.29, 0.717) is 61.7 Å². The molecule has 2 aromatic rings. The number of nitrogens with one attached hydrogen (secondary N) is 1. The van der Waals surface area contributed by atoms with Crippen LogP contribution in [0.1, 0.15) is 47.6 Å². The van der Waals surface area contributed by atoms with Gasteiger partial charge in [-0.2, -0.15) is 17.5 Å². The first-order valence-corrected chi connectivity index (χ1v) is 15.9. The summed E-state index contributed by atoms with van der Waals surface area (Å²) in [5.41, 5.74) is 1.13. The summed E-state index contributed by atoms with van der Waals surface area (Å²) in [6.07, 6.45) is -2.24. The quantitative estimate of drug-likeness (QED) is 0.401. The van der Waals surface area contributed by atoms with Crippen molar-refractivity contribution < 1.29 is 40.6 Å². The van der Waals surface area contributed by atoms with Gasteiger partial charge >= 0.3 is 6.18 Å². The Morgan fingerprint density at radius 2 is 1.72 bits per heavy atom. The molecule has 2 aliphatic rings. The molecule has 43 heavy (non-hydrogen) atoms. The van der Waals surface area contributed by atoms with Crippen LogP contribution in [0, 0.1) is 13.8 Å². The number of aryl methyl sites for hydroxylation is 2. The molecule has 2 heterocycles. The summed E-state index contributed by atoms with van der Waals surface area (Å²) >= 11 is 0. The number of hydrogen-bond acceptors (Lipinski definition) is 7. The minimum absolute atomic E-state index is 0.0622. The molecule has 0 radical (unpaired) electrons. The predicted molar refractivity (Wildman–Crippen MR) is 154 cm³/mol. The van der Waals surface area contributed by atoms with Crippen molar-refractivity contribution in [2.45, 2.75) is 56.3 Å². The number of sulfonamides is 1. The molecule has 9 nitrogen and oxygen atoms in total. The summed E-state index contributed by atoms with van der Waals surface area (Å²) in [5.74, 6) is 0.199. The number of morpholine rings is 1. The summed E-state index contributed by atoms with van der Waals surface area (Å²) in [6, 6.07) is 7.62. The first-order chi connectivity index (χ1) is 20.4.